The number of fused-ring (bicyclic) bond motifs is 1. The Morgan fingerprint density at radius 1 is 1.30 bits per heavy atom. The molecule has 0 aliphatic carbocycles. The summed E-state index contributed by atoms with van der Waals surface area (Å²) < 4.78 is 21.5. The van der Waals surface area contributed by atoms with E-state index in [0.717, 1.165) is 5.56 Å². The van der Waals surface area contributed by atoms with Crippen LogP contribution in [0.2, 0.25) is 0 Å². The van der Waals surface area contributed by atoms with Crippen molar-refractivity contribution in [2.24, 2.45) is 0 Å². The summed E-state index contributed by atoms with van der Waals surface area (Å²) in [6, 6.07) is 9.84. The van der Waals surface area contributed by atoms with Gasteiger partial charge in [0.1, 0.15) is 6.10 Å². The fourth-order valence-electron chi connectivity index (χ4n) is 2.68. The van der Waals surface area contributed by atoms with Crippen LogP contribution in [0.15, 0.2) is 30.3 Å². The fourth-order valence-corrected chi connectivity index (χ4v) is 2.68. The fraction of sp³-hybridized carbons (Fsp3) is 0.600. The number of benzene rings is 1. The summed E-state index contributed by atoms with van der Waals surface area (Å²) in [5.41, 5.74) is 1.06. The number of aliphatic hydroxyl groups excluding tert-OH is 1. The average Bonchev–Trinajstić information content (AvgIpc) is 2.75. The molecule has 1 aromatic carbocycles. The molecule has 20 heavy (non-hydrogen) atoms. The minimum absolute atomic E-state index is 0.184. The van der Waals surface area contributed by atoms with Gasteiger partial charge in [0.05, 0.1) is 6.61 Å². The maximum Gasteiger partial charge on any atom is 0.294 e. The highest BCUT2D eigenvalue weighted by Gasteiger charge is 2.53. The Kier molecular flexibility index (Phi) is 3.79. The molecule has 110 valence electrons. The first-order valence-electron chi connectivity index (χ1n) is 6.91. The molecule has 1 aromatic rings. The molecule has 2 fully saturated rings. The molecule has 4 atom stereocenters. The van der Waals surface area contributed by atoms with E-state index >= 15 is 0 Å². The van der Waals surface area contributed by atoms with Crippen LogP contribution in [0.4, 0.5) is 0 Å². The molecule has 5 heteroatoms. The van der Waals surface area contributed by atoms with Crippen molar-refractivity contribution in [1.29, 1.82) is 0 Å². The van der Waals surface area contributed by atoms with Crippen molar-refractivity contribution in [3.63, 3.8) is 0 Å². The van der Waals surface area contributed by atoms with Crippen molar-refractivity contribution in [3.05, 3.63) is 35.9 Å². The van der Waals surface area contributed by atoms with Crippen molar-refractivity contribution >= 4 is 0 Å². The van der Waals surface area contributed by atoms with E-state index in [1.54, 1.807) is 0 Å². The molecule has 0 spiro atoms. The molecule has 0 bridgehead atoms. The first kappa shape index (κ1) is 14.0. The van der Waals surface area contributed by atoms with Crippen LogP contribution in [0.5, 0.6) is 0 Å². The number of aliphatic hydroxyl groups is 3. The Morgan fingerprint density at radius 3 is 2.80 bits per heavy atom. The molecule has 2 N–H and O–H groups in total. The quantitative estimate of drug-likeness (QED) is 0.838. The number of hydrogen-bond donors (Lipinski definition) is 1. The standard InChI is InChI=1S/C15H20O5/c1-15(2)19-11-9-18-14(12(16)13(11)20-15)17-8-10-6-4-3-5-7-10/h3-7,11-14,16H,8-9H2,1-2H3/p+1/t11-,12?,13?,14+/m0/s1. The van der Waals surface area contributed by atoms with Crippen LogP contribution >= 0.6 is 0 Å². The van der Waals surface area contributed by atoms with Gasteiger partial charge in [0.15, 0.2) is 24.6 Å². The van der Waals surface area contributed by atoms with Crippen LogP contribution in [-0.4, -0.2) is 46.8 Å². The largest absolute Gasteiger partial charge is 0.406 e. The lowest BCUT2D eigenvalue weighted by atomic mass is 10.1. The summed E-state index contributed by atoms with van der Waals surface area (Å²) >= 11 is 0. The summed E-state index contributed by atoms with van der Waals surface area (Å²) in [5.74, 6) is -0.667. The van der Waals surface area contributed by atoms with E-state index < -0.39 is 18.2 Å². The van der Waals surface area contributed by atoms with Crippen molar-refractivity contribution in [3.8, 4) is 0 Å². The van der Waals surface area contributed by atoms with E-state index in [1.165, 1.54) is 0 Å². The summed E-state index contributed by atoms with van der Waals surface area (Å²) in [6.45, 7) is 4.61. The second-order valence-corrected chi connectivity index (χ2v) is 5.68. The van der Waals surface area contributed by atoms with Gasteiger partial charge in [0.2, 0.25) is 0 Å². The van der Waals surface area contributed by atoms with Gasteiger partial charge in [0, 0.05) is 0 Å². The van der Waals surface area contributed by atoms with E-state index in [2.05, 4.69) is 4.74 Å². The molecular weight excluding hydrogens is 260 g/mol. The maximum absolute atomic E-state index is 10.3. The lowest BCUT2D eigenvalue weighted by Gasteiger charge is -2.30. The molecule has 2 heterocycles. The Bertz CT molecular complexity index is 447. The number of rotatable bonds is 3. The van der Waals surface area contributed by atoms with Crippen LogP contribution in [0.25, 0.3) is 0 Å². The summed E-state index contributed by atoms with van der Waals surface area (Å²) in [4.78, 5) is 0. The predicted molar refractivity (Wildman–Crippen MR) is 71.9 cm³/mol. The SMILES string of the molecule is CC1(C)OC2C(O)[C@H](OCc3ccccc3)[OH+]C[C@@H]2O1. The Hall–Kier alpha value is -0.980. The van der Waals surface area contributed by atoms with Crippen LogP contribution < -0.4 is 0 Å². The Labute approximate surface area is 118 Å². The maximum atomic E-state index is 10.3. The molecule has 5 nitrogen and oxygen atoms in total. The minimum Gasteiger partial charge on any atom is -0.406 e. The molecule has 3 rings (SSSR count). The van der Waals surface area contributed by atoms with E-state index in [9.17, 15) is 5.11 Å². The zero-order chi connectivity index (χ0) is 14.2. The summed E-state index contributed by atoms with van der Waals surface area (Å²) in [5, 5.41) is 10.3. The molecule has 2 aliphatic heterocycles. The summed E-state index contributed by atoms with van der Waals surface area (Å²) in [7, 11) is 0. The molecular formula is C15H21O5+. The Morgan fingerprint density at radius 2 is 2.05 bits per heavy atom. The number of hydrogen-bond acceptors (Lipinski definition) is 4. The molecule has 2 unspecified atom stereocenters. The third-order valence-electron chi connectivity index (χ3n) is 3.58. The molecule has 0 aromatic heterocycles. The Balaban J connectivity index is 1.59. The van der Waals surface area contributed by atoms with E-state index in [4.69, 9.17) is 14.2 Å². The van der Waals surface area contributed by atoms with Gasteiger partial charge in [-0.3, -0.25) is 0 Å². The lowest BCUT2D eigenvalue weighted by molar-refractivity contribution is -0.326. The van der Waals surface area contributed by atoms with Crippen molar-refractivity contribution < 1.29 is 24.1 Å². The first-order chi connectivity index (χ1) is 9.55. The first-order valence-corrected chi connectivity index (χ1v) is 6.91. The van der Waals surface area contributed by atoms with E-state index in [0.29, 0.717) is 13.2 Å². The molecule has 0 saturated carbocycles. The van der Waals surface area contributed by atoms with Gasteiger partial charge in [0.25, 0.3) is 6.29 Å². The minimum atomic E-state index is -0.792. The third-order valence-corrected chi connectivity index (χ3v) is 3.58. The second kappa shape index (κ2) is 5.42. The van der Waals surface area contributed by atoms with Crippen LogP contribution in [0.3, 0.4) is 0 Å². The van der Waals surface area contributed by atoms with Gasteiger partial charge in [-0.1, -0.05) is 30.3 Å². The third kappa shape index (κ3) is 2.87. The normalized spacial score (nSPS) is 35.8. The zero-order valence-electron chi connectivity index (χ0n) is 11.7. The zero-order valence-corrected chi connectivity index (χ0v) is 11.7. The highest BCUT2D eigenvalue weighted by Crippen LogP contribution is 2.34. The monoisotopic (exact) mass is 281 g/mol. The van der Waals surface area contributed by atoms with E-state index in [1.807, 2.05) is 44.2 Å². The number of ether oxygens (including phenoxy) is 4. The average molecular weight is 281 g/mol. The van der Waals surface area contributed by atoms with Gasteiger partial charge in [-0.25, -0.2) is 0 Å². The van der Waals surface area contributed by atoms with Gasteiger partial charge >= 0.3 is 0 Å². The van der Waals surface area contributed by atoms with Gasteiger partial charge < -0.3 is 24.1 Å². The van der Waals surface area contributed by atoms with Gasteiger partial charge in [-0.2, -0.15) is 0 Å². The van der Waals surface area contributed by atoms with Crippen LogP contribution in [0, 0.1) is 0 Å². The predicted octanol–water partition coefficient (Wildman–Crippen LogP) is 0.952. The van der Waals surface area contributed by atoms with E-state index in [-0.39, 0.29) is 12.2 Å². The topological polar surface area (TPSA) is 60.7 Å². The molecule has 2 saturated heterocycles. The summed E-state index contributed by atoms with van der Waals surface area (Å²) in [6.07, 6.45) is -1.91. The van der Waals surface area contributed by atoms with Gasteiger partial charge in [-0.15, -0.1) is 0 Å². The van der Waals surface area contributed by atoms with Crippen LogP contribution in [0.1, 0.15) is 19.4 Å². The van der Waals surface area contributed by atoms with Crippen LogP contribution in [-0.2, 0) is 20.8 Å². The van der Waals surface area contributed by atoms with Crippen molar-refractivity contribution in [2.75, 3.05) is 6.61 Å². The highest BCUT2D eigenvalue weighted by atomic mass is 16.8. The molecule has 2 aliphatic rings. The van der Waals surface area contributed by atoms with Crippen molar-refractivity contribution in [2.45, 2.75) is 50.8 Å². The smallest absolute Gasteiger partial charge is 0.294 e. The second-order valence-electron chi connectivity index (χ2n) is 5.68. The van der Waals surface area contributed by atoms with Crippen molar-refractivity contribution in [1.82, 2.24) is 0 Å². The highest BCUT2D eigenvalue weighted by molar-refractivity contribution is 5.13. The van der Waals surface area contributed by atoms with Gasteiger partial charge in [-0.05, 0) is 19.4 Å². The lowest BCUT2D eigenvalue weighted by Crippen LogP contribution is -2.54. The molecule has 0 radical (unpaired) electrons. The molecule has 0 amide bonds.